The van der Waals surface area contributed by atoms with Gasteiger partial charge in [0.1, 0.15) is 5.75 Å². The quantitative estimate of drug-likeness (QED) is 0.511. The highest BCUT2D eigenvalue weighted by Gasteiger charge is 2.13. The highest BCUT2D eigenvalue weighted by molar-refractivity contribution is 7.89. The lowest BCUT2D eigenvalue weighted by molar-refractivity contribution is -0.123. The van der Waals surface area contributed by atoms with E-state index in [1.54, 1.807) is 0 Å². The van der Waals surface area contributed by atoms with Crippen LogP contribution in [-0.2, 0) is 14.8 Å². The molecule has 1 aromatic carbocycles. The normalized spacial score (nSPS) is 11.2. The summed E-state index contributed by atoms with van der Waals surface area (Å²) < 4.78 is 31.8. The first-order valence-corrected chi connectivity index (χ1v) is 9.08. The number of benzene rings is 1. The Bertz CT molecular complexity index is 572. The van der Waals surface area contributed by atoms with E-state index < -0.39 is 10.0 Å². The van der Waals surface area contributed by atoms with Crippen LogP contribution in [0.25, 0.3) is 0 Å². The first-order valence-electron chi connectivity index (χ1n) is 7.59. The van der Waals surface area contributed by atoms with Gasteiger partial charge in [-0.25, -0.2) is 13.1 Å². The van der Waals surface area contributed by atoms with E-state index >= 15 is 0 Å². The fraction of sp³-hybridized carbons (Fsp3) is 0.533. The molecular weight excluding hydrogens is 320 g/mol. The summed E-state index contributed by atoms with van der Waals surface area (Å²) in [7, 11) is -3.50. The number of aliphatic hydroxyl groups is 1. The zero-order chi connectivity index (χ0) is 17.1. The van der Waals surface area contributed by atoms with Gasteiger partial charge in [-0.15, -0.1) is 0 Å². The molecule has 0 spiro atoms. The topological polar surface area (TPSA) is 105 Å². The Hall–Kier alpha value is -1.64. The van der Waals surface area contributed by atoms with Crippen LogP contribution < -0.4 is 14.8 Å². The highest BCUT2D eigenvalue weighted by Crippen LogP contribution is 2.15. The van der Waals surface area contributed by atoms with Crippen LogP contribution >= 0.6 is 0 Å². The van der Waals surface area contributed by atoms with Crippen LogP contribution in [0.2, 0.25) is 0 Å². The second kappa shape index (κ2) is 10.2. The van der Waals surface area contributed by atoms with Crippen LogP contribution in [0.15, 0.2) is 29.2 Å². The van der Waals surface area contributed by atoms with Crippen LogP contribution in [0, 0.1) is 0 Å². The van der Waals surface area contributed by atoms with Gasteiger partial charge in [0.05, 0.1) is 4.90 Å². The summed E-state index contributed by atoms with van der Waals surface area (Å²) in [5.41, 5.74) is 0. The van der Waals surface area contributed by atoms with E-state index in [-0.39, 0.29) is 24.0 Å². The van der Waals surface area contributed by atoms with Crippen molar-refractivity contribution in [3.05, 3.63) is 24.3 Å². The first-order chi connectivity index (χ1) is 11.0. The molecular formula is C15H24N2O5S. The van der Waals surface area contributed by atoms with Gasteiger partial charge in [-0.1, -0.05) is 13.3 Å². The Morgan fingerprint density at radius 2 is 1.87 bits per heavy atom. The van der Waals surface area contributed by atoms with Gasteiger partial charge in [0.15, 0.2) is 6.61 Å². The van der Waals surface area contributed by atoms with Crippen molar-refractivity contribution >= 4 is 15.9 Å². The van der Waals surface area contributed by atoms with E-state index in [0.29, 0.717) is 25.3 Å². The van der Waals surface area contributed by atoms with E-state index in [9.17, 15) is 13.2 Å². The molecule has 0 atom stereocenters. The number of rotatable bonds is 11. The van der Waals surface area contributed by atoms with Crippen LogP contribution in [0.4, 0.5) is 0 Å². The molecule has 0 aromatic heterocycles. The Labute approximate surface area is 137 Å². The number of amides is 1. The predicted molar refractivity (Wildman–Crippen MR) is 86.7 cm³/mol. The summed E-state index contributed by atoms with van der Waals surface area (Å²) >= 11 is 0. The lowest BCUT2D eigenvalue weighted by Gasteiger charge is -2.09. The van der Waals surface area contributed by atoms with Gasteiger partial charge >= 0.3 is 0 Å². The largest absolute Gasteiger partial charge is 0.484 e. The molecule has 3 N–H and O–H groups in total. The number of hydrogen-bond acceptors (Lipinski definition) is 5. The van der Waals surface area contributed by atoms with E-state index in [2.05, 4.69) is 10.0 Å². The molecule has 1 aromatic rings. The summed E-state index contributed by atoms with van der Waals surface area (Å²) in [6.07, 6.45) is 2.19. The molecule has 0 heterocycles. The van der Waals surface area contributed by atoms with Gasteiger partial charge in [-0.3, -0.25) is 4.79 Å². The number of aliphatic hydroxyl groups excluding tert-OH is 1. The van der Waals surface area contributed by atoms with Crippen molar-refractivity contribution in [3.63, 3.8) is 0 Å². The second-order valence-corrected chi connectivity index (χ2v) is 6.71. The monoisotopic (exact) mass is 344 g/mol. The van der Waals surface area contributed by atoms with Crippen LogP contribution in [-0.4, -0.2) is 45.7 Å². The molecule has 0 bridgehead atoms. The number of sulfonamides is 1. The Morgan fingerprint density at radius 1 is 1.17 bits per heavy atom. The number of ether oxygens (including phenoxy) is 1. The molecule has 1 rings (SSSR count). The lowest BCUT2D eigenvalue weighted by Crippen LogP contribution is -2.30. The summed E-state index contributed by atoms with van der Waals surface area (Å²) in [6.45, 7) is 2.64. The van der Waals surface area contributed by atoms with Crippen molar-refractivity contribution in [2.75, 3.05) is 26.3 Å². The minimum atomic E-state index is -3.50. The highest BCUT2D eigenvalue weighted by atomic mass is 32.2. The van der Waals surface area contributed by atoms with Crippen LogP contribution in [0.5, 0.6) is 5.75 Å². The Kier molecular flexibility index (Phi) is 8.60. The molecule has 0 aliphatic carbocycles. The third-order valence-corrected chi connectivity index (χ3v) is 4.46. The minimum Gasteiger partial charge on any atom is -0.484 e. The molecule has 0 aliphatic heterocycles. The average Bonchev–Trinajstić information content (AvgIpc) is 2.54. The van der Waals surface area contributed by atoms with Crippen molar-refractivity contribution in [1.82, 2.24) is 10.0 Å². The third kappa shape index (κ3) is 7.45. The zero-order valence-electron chi connectivity index (χ0n) is 13.2. The van der Waals surface area contributed by atoms with E-state index in [4.69, 9.17) is 9.84 Å². The summed E-state index contributed by atoms with van der Waals surface area (Å²) in [5.74, 6) is 0.117. The smallest absolute Gasteiger partial charge is 0.257 e. The zero-order valence-corrected chi connectivity index (χ0v) is 14.1. The van der Waals surface area contributed by atoms with Crippen LogP contribution in [0.3, 0.4) is 0 Å². The van der Waals surface area contributed by atoms with Gasteiger partial charge < -0.3 is 15.2 Å². The molecule has 0 saturated heterocycles. The SMILES string of the molecule is CCCCNS(=O)(=O)c1ccc(OCC(=O)NCCCO)cc1. The van der Waals surface area contributed by atoms with Gasteiger partial charge in [-0.2, -0.15) is 0 Å². The minimum absolute atomic E-state index is 0.0172. The van der Waals surface area contributed by atoms with Crippen molar-refractivity contribution in [2.45, 2.75) is 31.1 Å². The summed E-state index contributed by atoms with van der Waals surface area (Å²) in [4.78, 5) is 11.6. The van der Waals surface area contributed by atoms with Crippen LogP contribution in [0.1, 0.15) is 26.2 Å². The Morgan fingerprint density at radius 3 is 2.48 bits per heavy atom. The van der Waals surface area contributed by atoms with Crippen molar-refractivity contribution < 1.29 is 23.1 Å². The standard InChI is InChI=1S/C15H24N2O5S/c1-2-3-10-17-23(20,21)14-7-5-13(6-8-14)22-12-15(19)16-9-4-11-18/h5-8,17-18H,2-4,9-12H2,1H3,(H,16,19). The fourth-order valence-electron chi connectivity index (χ4n) is 1.69. The van der Waals surface area contributed by atoms with Crippen molar-refractivity contribution in [1.29, 1.82) is 0 Å². The number of hydrogen-bond donors (Lipinski definition) is 3. The number of carbonyl (C=O) groups excluding carboxylic acids is 1. The molecule has 8 heteroatoms. The van der Waals surface area contributed by atoms with Crippen molar-refractivity contribution in [2.24, 2.45) is 0 Å². The molecule has 0 radical (unpaired) electrons. The number of nitrogens with one attached hydrogen (secondary N) is 2. The predicted octanol–water partition coefficient (Wildman–Crippen LogP) is 0.642. The molecule has 0 fully saturated rings. The van der Waals surface area contributed by atoms with E-state index in [1.807, 2.05) is 6.92 Å². The maximum atomic E-state index is 12.0. The van der Waals surface area contributed by atoms with Crippen molar-refractivity contribution in [3.8, 4) is 5.75 Å². The lowest BCUT2D eigenvalue weighted by atomic mass is 10.3. The third-order valence-electron chi connectivity index (χ3n) is 2.98. The number of carbonyl (C=O) groups is 1. The van der Waals surface area contributed by atoms with Gasteiger partial charge in [0.2, 0.25) is 10.0 Å². The molecule has 0 saturated carbocycles. The second-order valence-electron chi connectivity index (χ2n) is 4.94. The summed E-state index contributed by atoms with van der Waals surface area (Å²) in [6, 6.07) is 5.89. The van der Waals surface area contributed by atoms with Gasteiger partial charge in [0.25, 0.3) is 5.91 Å². The van der Waals surface area contributed by atoms with Gasteiger partial charge in [0, 0.05) is 19.7 Å². The van der Waals surface area contributed by atoms with E-state index in [0.717, 1.165) is 12.8 Å². The molecule has 130 valence electrons. The molecule has 0 unspecified atom stereocenters. The molecule has 1 amide bonds. The molecule has 7 nitrogen and oxygen atoms in total. The molecule has 23 heavy (non-hydrogen) atoms. The summed E-state index contributed by atoms with van der Waals surface area (Å²) in [5, 5.41) is 11.2. The fourth-order valence-corrected chi connectivity index (χ4v) is 2.76. The maximum Gasteiger partial charge on any atom is 0.257 e. The average molecular weight is 344 g/mol. The first kappa shape index (κ1) is 19.4. The number of unbranched alkanes of at least 4 members (excludes halogenated alkanes) is 1. The Balaban J connectivity index is 2.48. The molecule has 0 aliphatic rings. The van der Waals surface area contributed by atoms with Gasteiger partial charge in [-0.05, 0) is 37.1 Å². The van der Waals surface area contributed by atoms with E-state index in [1.165, 1.54) is 24.3 Å². The maximum absolute atomic E-state index is 12.0.